The summed E-state index contributed by atoms with van der Waals surface area (Å²) in [6.45, 7) is 4.75. The van der Waals surface area contributed by atoms with E-state index in [9.17, 15) is 24.9 Å². The topological polar surface area (TPSA) is 110 Å². The fraction of sp³-hybridized carbons (Fsp3) is 0.529. The van der Waals surface area contributed by atoms with E-state index in [0.717, 1.165) is 5.56 Å². The van der Waals surface area contributed by atoms with E-state index in [-0.39, 0.29) is 19.7 Å². The molecule has 0 fully saturated rings. The first-order valence-corrected chi connectivity index (χ1v) is 7.79. The first kappa shape index (κ1) is 19.9. The number of carbonyl (C=O) groups is 2. The van der Waals surface area contributed by atoms with Gasteiger partial charge in [-0.15, -0.1) is 0 Å². The van der Waals surface area contributed by atoms with Crippen LogP contribution in [-0.4, -0.2) is 57.5 Å². The molecular formula is C17H26N2O5. The van der Waals surface area contributed by atoms with Crippen molar-refractivity contribution in [2.45, 2.75) is 39.5 Å². The molecule has 2 atom stereocenters. The third-order valence-corrected chi connectivity index (χ3v) is 3.94. The molecule has 0 spiro atoms. The van der Waals surface area contributed by atoms with E-state index in [2.05, 4.69) is 5.32 Å². The molecule has 1 unspecified atom stereocenters. The average Bonchev–Trinajstić information content (AvgIpc) is 2.57. The number of aliphatic hydroxyl groups excluding tert-OH is 2. The zero-order valence-electron chi connectivity index (χ0n) is 14.3. The van der Waals surface area contributed by atoms with Crippen molar-refractivity contribution in [3.8, 4) is 0 Å². The van der Waals surface area contributed by atoms with Crippen LogP contribution in [0.1, 0.15) is 26.3 Å². The standard InChI is InChI=1S/C17H26N2O5/c1-12(9-18-15(22)14(21)17(2,3)11-20)19(16(23)24)10-13-7-5-4-6-8-13/h4-8,12,14,20-21H,9-11H2,1-3H3,(H,18,22)(H,23,24)/t12-,14?/m1/s1. The molecular weight excluding hydrogens is 312 g/mol. The molecule has 0 saturated heterocycles. The first-order valence-electron chi connectivity index (χ1n) is 7.79. The molecule has 1 rings (SSSR count). The summed E-state index contributed by atoms with van der Waals surface area (Å²) in [6, 6.07) is 8.69. The van der Waals surface area contributed by atoms with Crippen LogP contribution in [0.4, 0.5) is 4.79 Å². The summed E-state index contributed by atoms with van der Waals surface area (Å²) in [4.78, 5) is 24.6. The number of aliphatic hydroxyl groups is 2. The molecule has 0 bridgehead atoms. The Balaban J connectivity index is 2.64. The van der Waals surface area contributed by atoms with Crippen LogP contribution in [-0.2, 0) is 11.3 Å². The van der Waals surface area contributed by atoms with E-state index in [1.807, 2.05) is 30.3 Å². The molecule has 0 heterocycles. The van der Waals surface area contributed by atoms with Gasteiger partial charge >= 0.3 is 6.09 Å². The number of hydrogen-bond donors (Lipinski definition) is 4. The number of carbonyl (C=O) groups excluding carboxylic acids is 1. The Bertz CT molecular complexity index is 547. The van der Waals surface area contributed by atoms with Crippen molar-refractivity contribution in [3.05, 3.63) is 35.9 Å². The second-order valence-corrected chi connectivity index (χ2v) is 6.54. The lowest BCUT2D eigenvalue weighted by Crippen LogP contribution is -2.50. The van der Waals surface area contributed by atoms with Gasteiger partial charge in [0.1, 0.15) is 6.10 Å². The predicted molar refractivity (Wildman–Crippen MR) is 89.4 cm³/mol. The molecule has 0 saturated carbocycles. The molecule has 0 aromatic heterocycles. The van der Waals surface area contributed by atoms with E-state index in [1.165, 1.54) is 4.90 Å². The minimum absolute atomic E-state index is 0.0660. The summed E-state index contributed by atoms with van der Waals surface area (Å²) in [5, 5.41) is 31.0. The van der Waals surface area contributed by atoms with E-state index in [0.29, 0.717) is 0 Å². The van der Waals surface area contributed by atoms with Crippen LogP contribution in [0.15, 0.2) is 30.3 Å². The average molecular weight is 338 g/mol. The van der Waals surface area contributed by atoms with Gasteiger partial charge in [-0.3, -0.25) is 9.69 Å². The van der Waals surface area contributed by atoms with Gasteiger partial charge in [-0.2, -0.15) is 0 Å². The Labute approximate surface area is 141 Å². The summed E-state index contributed by atoms with van der Waals surface area (Å²) in [7, 11) is 0. The molecule has 134 valence electrons. The van der Waals surface area contributed by atoms with Crippen LogP contribution in [0.5, 0.6) is 0 Å². The fourth-order valence-electron chi connectivity index (χ4n) is 2.09. The quantitative estimate of drug-likeness (QED) is 0.566. The number of amides is 2. The maximum atomic E-state index is 12.0. The predicted octanol–water partition coefficient (Wildman–Crippen LogP) is 1.05. The van der Waals surface area contributed by atoms with Gasteiger partial charge in [0.15, 0.2) is 0 Å². The van der Waals surface area contributed by atoms with Gasteiger partial charge in [0, 0.05) is 24.5 Å². The van der Waals surface area contributed by atoms with Crippen molar-refractivity contribution in [1.29, 1.82) is 0 Å². The Hall–Kier alpha value is -2.12. The molecule has 1 aromatic rings. The van der Waals surface area contributed by atoms with Crippen molar-refractivity contribution >= 4 is 12.0 Å². The molecule has 24 heavy (non-hydrogen) atoms. The zero-order valence-corrected chi connectivity index (χ0v) is 14.3. The number of nitrogens with zero attached hydrogens (tertiary/aromatic N) is 1. The van der Waals surface area contributed by atoms with Crippen LogP contribution in [0, 0.1) is 5.41 Å². The summed E-state index contributed by atoms with van der Waals surface area (Å²) < 4.78 is 0. The molecule has 4 N–H and O–H groups in total. The first-order chi connectivity index (χ1) is 11.2. The molecule has 0 aliphatic carbocycles. The van der Waals surface area contributed by atoms with E-state index in [1.54, 1.807) is 20.8 Å². The van der Waals surface area contributed by atoms with Gasteiger partial charge in [-0.25, -0.2) is 4.79 Å². The van der Waals surface area contributed by atoms with E-state index in [4.69, 9.17) is 0 Å². The second-order valence-electron chi connectivity index (χ2n) is 6.54. The maximum absolute atomic E-state index is 12.0. The monoisotopic (exact) mass is 338 g/mol. The maximum Gasteiger partial charge on any atom is 0.407 e. The minimum Gasteiger partial charge on any atom is -0.465 e. The molecule has 2 amide bonds. The van der Waals surface area contributed by atoms with Crippen molar-refractivity contribution in [3.63, 3.8) is 0 Å². The molecule has 7 nitrogen and oxygen atoms in total. The number of carboxylic acid groups (broad SMARTS) is 1. The lowest BCUT2D eigenvalue weighted by Gasteiger charge is -2.30. The van der Waals surface area contributed by atoms with E-state index >= 15 is 0 Å². The van der Waals surface area contributed by atoms with Crippen LogP contribution < -0.4 is 5.32 Å². The lowest BCUT2D eigenvalue weighted by molar-refractivity contribution is -0.137. The largest absolute Gasteiger partial charge is 0.465 e. The highest BCUT2D eigenvalue weighted by Crippen LogP contribution is 2.19. The number of rotatable bonds is 8. The van der Waals surface area contributed by atoms with Gasteiger partial charge in [0.2, 0.25) is 5.91 Å². The highest BCUT2D eigenvalue weighted by molar-refractivity contribution is 5.81. The normalized spacial score (nSPS) is 13.9. The summed E-state index contributed by atoms with van der Waals surface area (Å²) in [5.74, 6) is -0.633. The van der Waals surface area contributed by atoms with Crippen molar-refractivity contribution in [2.24, 2.45) is 5.41 Å². The SMILES string of the molecule is C[C@H](CNC(=O)C(O)C(C)(C)CO)N(Cc1ccccc1)C(=O)O. The number of benzene rings is 1. The summed E-state index contributed by atoms with van der Waals surface area (Å²) in [6.07, 6.45) is -2.46. The Morgan fingerprint density at radius 3 is 2.33 bits per heavy atom. The van der Waals surface area contributed by atoms with Gasteiger partial charge in [0.25, 0.3) is 0 Å². The highest BCUT2D eigenvalue weighted by atomic mass is 16.4. The van der Waals surface area contributed by atoms with Gasteiger partial charge in [-0.05, 0) is 12.5 Å². The Morgan fingerprint density at radius 1 is 1.25 bits per heavy atom. The van der Waals surface area contributed by atoms with Crippen molar-refractivity contribution < 1.29 is 24.9 Å². The smallest absolute Gasteiger partial charge is 0.407 e. The highest BCUT2D eigenvalue weighted by Gasteiger charge is 2.33. The Morgan fingerprint density at radius 2 is 1.83 bits per heavy atom. The van der Waals surface area contributed by atoms with Gasteiger partial charge < -0.3 is 20.6 Å². The number of hydrogen-bond acceptors (Lipinski definition) is 4. The Kier molecular flexibility index (Phi) is 7.18. The summed E-state index contributed by atoms with van der Waals surface area (Å²) in [5.41, 5.74) is -0.122. The molecule has 0 aliphatic heterocycles. The second kappa shape index (κ2) is 8.65. The van der Waals surface area contributed by atoms with Gasteiger partial charge in [0.05, 0.1) is 6.61 Å². The van der Waals surface area contributed by atoms with Gasteiger partial charge in [-0.1, -0.05) is 44.2 Å². The van der Waals surface area contributed by atoms with E-state index < -0.39 is 29.6 Å². The molecule has 1 aromatic carbocycles. The number of nitrogens with one attached hydrogen (secondary N) is 1. The third kappa shape index (κ3) is 5.50. The molecule has 7 heteroatoms. The summed E-state index contributed by atoms with van der Waals surface area (Å²) >= 11 is 0. The van der Waals surface area contributed by atoms with Crippen LogP contribution in [0.25, 0.3) is 0 Å². The lowest BCUT2D eigenvalue weighted by atomic mass is 9.87. The fourth-order valence-corrected chi connectivity index (χ4v) is 2.09. The minimum atomic E-state index is -1.37. The molecule has 0 radical (unpaired) electrons. The van der Waals surface area contributed by atoms with Crippen LogP contribution in [0.3, 0.4) is 0 Å². The zero-order chi connectivity index (χ0) is 18.3. The van der Waals surface area contributed by atoms with Crippen molar-refractivity contribution in [2.75, 3.05) is 13.2 Å². The van der Waals surface area contributed by atoms with Crippen LogP contribution >= 0.6 is 0 Å². The van der Waals surface area contributed by atoms with Crippen LogP contribution in [0.2, 0.25) is 0 Å². The van der Waals surface area contributed by atoms with Crippen molar-refractivity contribution in [1.82, 2.24) is 10.2 Å². The molecule has 0 aliphatic rings. The third-order valence-electron chi connectivity index (χ3n) is 3.94.